The average Bonchev–Trinajstić information content (AvgIpc) is 2.84. The van der Waals surface area contributed by atoms with Gasteiger partial charge in [0.05, 0.1) is 17.4 Å². The summed E-state index contributed by atoms with van der Waals surface area (Å²) >= 11 is 3.14. The Bertz CT molecular complexity index is 626. The van der Waals surface area contributed by atoms with E-state index in [9.17, 15) is 9.50 Å². The highest BCUT2D eigenvalue weighted by Gasteiger charge is 2.25. The van der Waals surface area contributed by atoms with Crippen molar-refractivity contribution in [1.82, 2.24) is 4.98 Å². The van der Waals surface area contributed by atoms with Gasteiger partial charge in [-0.25, -0.2) is 9.37 Å². The molecule has 1 aromatic heterocycles. The van der Waals surface area contributed by atoms with Crippen LogP contribution in [0.2, 0.25) is 0 Å². The second-order valence-corrected chi connectivity index (χ2v) is 7.17. The monoisotopic (exact) mass is 309 g/mol. The van der Waals surface area contributed by atoms with E-state index in [-0.39, 0.29) is 5.82 Å². The van der Waals surface area contributed by atoms with Crippen molar-refractivity contribution >= 4 is 23.1 Å². The number of aliphatic hydroxyl groups excluding tert-OH is 1. The van der Waals surface area contributed by atoms with Gasteiger partial charge in [-0.2, -0.15) is 0 Å². The van der Waals surface area contributed by atoms with E-state index in [1.165, 1.54) is 17.4 Å². The van der Waals surface area contributed by atoms with Crippen LogP contribution in [0.1, 0.15) is 36.4 Å². The van der Waals surface area contributed by atoms with E-state index in [1.54, 1.807) is 17.8 Å². The molecule has 0 saturated carbocycles. The normalized spacial score (nSPS) is 18.1. The number of aliphatic hydroxyl groups is 1. The highest BCUT2D eigenvalue weighted by atomic mass is 32.2. The molecule has 3 rings (SSSR count). The number of rotatable bonds is 3. The summed E-state index contributed by atoms with van der Waals surface area (Å²) in [4.78, 5) is 6.55. The molecule has 0 radical (unpaired) electrons. The predicted molar refractivity (Wildman–Crippen MR) is 81.8 cm³/mol. The molecule has 1 unspecified atom stereocenters. The van der Waals surface area contributed by atoms with Crippen molar-refractivity contribution in [2.24, 2.45) is 0 Å². The lowest BCUT2D eigenvalue weighted by Crippen LogP contribution is -2.07. The fourth-order valence-electron chi connectivity index (χ4n) is 2.49. The predicted octanol–water partition coefficient (Wildman–Crippen LogP) is 4.43. The third-order valence-electron chi connectivity index (χ3n) is 3.41. The summed E-state index contributed by atoms with van der Waals surface area (Å²) in [5, 5.41) is 10.7. The van der Waals surface area contributed by atoms with E-state index in [0.717, 1.165) is 40.5 Å². The van der Waals surface area contributed by atoms with Crippen molar-refractivity contribution < 1.29 is 9.50 Å². The number of thioether (sulfide) groups is 1. The second kappa shape index (κ2) is 5.84. The molecule has 0 bridgehead atoms. The fraction of sp³-hybridized carbons (Fsp3) is 0.400. The minimum Gasteiger partial charge on any atom is -0.387 e. The van der Waals surface area contributed by atoms with Crippen molar-refractivity contribution in [3.63, 3.8) is 0 Å². The van der Waals surface area contributed by atoms with Crippen molar-refractivity contribution in [3.8, 4) is 10.6 Å². The molecule has 5 heteroatoms. The Morgan fingerprint density at radius 1 is 1.50 bits per heavy atom. The van der Waals surface area contributed by atoms with E-state index >= 15 is 0 Å². The highest BCUT2D eigenvalue weighted by molar-refractivity contribution is 7.99. The quantitative estimate of drug-likeness (QED) is 0.851. The molecule has 2 nitrogen and oxygen atoms in total. The van der Waals surface area contributed by atoms with E-state index in [2.05, 4.69) is 11.9 Å². The van der Waals surface area contributed by atoms with Crippen LogP contribution in [-0.4, -0.2) is 15.8 Å². The molecule has 1 N–H and O–H groups in total. The summed E-state index contributed by atoms with van der Waals surface area (Å²) < 4.78 is 14.2. The van der Waals surface area contributed by atoms with Crippen LogP contribution in [0.4, 0.5) is 4.39 Å². The van der Waals surface area contributed by atoms with Crippen LogP contribution < -0.4 is 0 Å². The molecule has 2 aromatic rings. The Morgan fingerprint density at radius 3 is 3.10 bits per heavy atom. The number of nitrogens with zero attached hydrogens (tertiary/aromatic N) is 1. The molecule has 1 atom stereocenters. The third kappa shape index (κ3) is 2.50. The summed E-state index contributed by atoms with van der Waals surface area (Å²) in [7, 11) is 0. The molecule has 0 amide bonds. The molecular weight excluding hydrogens is 293 g/mol. The number of fused-ring (bicyclic) bond motifs is 1. The van der Waals surface area contributed by atoms with Gasteiger partial charge in [-0.15, -0.1) is 23.1 Å². The third-order valence-corrected chi connectivity index (χ3v) is 5.50. The number of benzene rings is 1. The topological polar surface area (TPSA) is 33.1 Å². The lowest BCUT2D eigenvalue weighted by molar-refractivity contribution is 0.153. The molecule has 0 aliphatic heterocycles. The smallest absolute Gasteiger partial charge is 0.134 e. The zero-order valence-corrected chi connectivity index (χ0v) is 12.9. The lowest BCUT2D eigenvalue weighted by Gasteiger charge is -2.14. The number of aryl methyl sites for hydroxylation is 1. The first-order valence-corrected chi connectivity index (χ1v) is 8.60. The van der Waals surface area contributed by atoms with Gasteiger partial charge in [0.25, 0.3) is 0 Å². The fourth-order valence-corrected chi connectivity index (χ4v) is 4.60. The van der Waals surface area contributed by atoms with Crippen molar-refractivity contribution in [2.45, 2.75) is 37.2 Å². The minimum absolute atomic E-state index is 0.232. The number of hydrogen-bond acceptors (Lipinski definition) is 4. The minimum atomic E-state index is -0.488. The number of halogens is 1. The summed E-state index contributed by atoms with van der Waals surface area (Å²) in [5.41, 5.74) is 1.35. The van der Waals surface area contributed by atoms with Gasteiger partial charge in [0, 0.05) is 9.77 Å². The average molecular weight is 309 g/mol. The molecule has 1 aliphatic carbocycles. The standard InChI is InChI=1S/C15H16FNOS2/c1-2-19-11-7-3-5-9(16)13(11)15-17-14-10(18)6-4-8-12(14)20-15/h3,5,7,10,18H,2,4,6,8H2,1H3. The summed E-state index contributed by atoms with van der Waals surface area (Å²) in [6.45, 7) is 2.05. The van der Waals surface area contributed by atoms with Crippen LogP contribution in [0.25, 0.3) is 10.6 Å². The molecular formula is C15H16FNOS2. The molecule has 0 spiro atoms. The Labute approximate surface area is 126 Å². The van der Waals surface area contributed by atoms with Gasteiger partial charge in [0.2, 0.25) is 0 Å². The van der Waals surface area contributed by atoms with Crippen LogP contribution in [0.5, 0.6) is 0 Å². The zero-order valence-electron chi connectivity index (χ0n) is 11.2. The van der Waals surface area contributed by atoms with Crippen LogP contribution in [0, 0.1) is 5.82 Å². The molecule has 1 aromatic carbocycles. The molecule has 1 aliphatic rings. The Kier molecular flexibility index (Phi) is 4.10. The van der Waals surface area contributed by atoms with Crippen LogP contribution in [0.15, 0.2) is 23.1 Å². The number of aromatic nitrogens is 1. The summed E-state index contributed by atoms with van der Waals surface area (Å²) in [5.74, 6) is 0.661. The van der Waals surface area contributed by atoms with Gasteiger partial charge in [0.15, 0.2) is 0 Å². The van der Waals surface area contributed by atoms with Crippen LogP contribution in [0.3, 0.4) is 0 Å². The number of hydrogen-bond donors (Lipinski definition) is 1. The Balaban J connectivity index is 2.09. The summed E-state index contributed by atoms with van der Waals surface area (Å²) in [6, 6.07) is 5.15. The van der Waals surface area contributed by atoms with Gasteiger partial charge < -0.3 is 5.11 Å². The number of thiazole rings is 1. The molecule has 0 fully saturated rings. The first kappa shape index (κ1) is 14.0. The van der Waals surface area contributed by atoms with Crippen molar-refractivity contribution in [3.05, 3.63) is 34.6 Å². The lowest BCUT2D eigenvalue weighted by atomic mass is 10.0. The summed E-state index contributed by atoms with van der Waals surface area (Å²) in [6.07, 6.45) is 2.18. The van der Waals surface area contributed by atoms with Crippen molar-refractivity contribution in [1.29, 1.82) is 0 Å². The van der Waals surface area contributed by atoms with Crippen LogP contribution >= 0.6 is 23.1 Å². The van der Waals surface area contributed by atoms with Crippen molar-refractivity contribution in [2.75, 3.05) is 5.75 Å². The van der Waals surface area contributed by atoms with Gasteiger partial charge in [0.1, 0.15) is 10.8 Å². The van der Waals surface area contributed by atoms with E-state index in [4.69, 9.17) is 0 Å². The van der Waals surface area contributed by atoms with E-state index in [1.807, 2.05) is 6.07 Å². The molecule has 1 heterocycles. The highest BCUT2D eigenvalue weighted by Crippen LogP contribution is 2.41. The van der Waals surface area contributed by atoms with Crippen LogP contribution in [-0.2, 0) is 6.42 Å². The maximum Gasteiger partial charge on any atom is 0.134 e. The van der Waals surface area contributed by atoms with Gasteiger partial charge in [-0.05, 0) is 37.1 Å². The zero-order chi connectivity index (χ0) is 14.1. The van der Waals surface area contributed by atoms with Gasteiger partial charge >= 0.3 is 0 Å². The SMILES string of the molecule is CCSc1cccc(F)c1-c1nc2c(s1)CCCC2O. The first-order chi connectivity index (χ1) is 9.70. The maximum absolute atomic E-state index is 14.2. The van der Waals surface area contributed by atoms with Gasteiger partial charge in [-0.1, -0.05) is 13.0 Å². The molecule has 106 valence electrons. The van der Waals surface area contributed by atoms with E-state index in [0.29, 0.717) is 10.6 Å². The Hall–Kier alpha value is -0.910. The largest absolute Gasteiger partial charge is 0.387 e. The Morgan fingerprint density at radius 2 is 2.35 bits per heavy atom. The first-order valence-electron chi connectivity index (χ1n) is 6.80. The van der Waals surface area contributed by atoms with E-state index < -0.39 is 6.10 Å². The maximum atomic E-state index is 14.2. The van der Waals surface area contributed by atoms with Gasteiger partial charge in [-0.3, -0.25) is 0 Å². The molecule has 20 heavy (non-hydrogen) atoms. The second-order valence-electron chi connectivity index (χ2n) is 4.78. The molecule has 0 saturated heterocycles.